The van der Waals surface area contributed by atoms with Crippen LogP contribution in [0.2, 0.25) is 0 Å². The van der Waals surface area contributed by atoms with Crippen LogP contribution < -0.4 is 0 Å². The van der Waals surface area contributed by atoms with Gasteiger partial charge in [-0.05, 0) is 43.1 Å². The molecule has 2 nitrogen and oxygen atoms in total. The van der Waals surface area contributed by atoms with Gasteiger partial charge in [0, 0.05) is 7.05 Å². The average molecular weight is 188 g/mol. The van der Waals surface area contributed by atoms with Crippen molar-refractivity contribution in [2.45, 2.75) is 26.8 Å². The van der Waals surface area contributed by atoms with Crippen LogP contribution >= 0.6 is 0 Å². The topological polar surface area (TPSA) is 24.7 Å². The van der Waals surface area contributed by atoms with Gasteiger partial charge < -0.3 is 0 Å². The molecular formula is C12H16N2. The second-order valence-corrected chi connectivity index (χ2v) is 3.52. The number of hydrogen-bond acceptors (Lipinski definition) is 2. The molecule has 0 amide bonds. The Labute approximate surface area is 85.5 Å². The van der Waals surface area contributed by atoms with Crippen molar-refractivity contribution in [1.29, 1.82) is 0 Å². The summed E-state index contributed by atoms with van der Waals surface area (Å²) in [7, 11) is 1.67. The number of rotatable bonds is 1. The lowest BCUT2D eigenvalue weighted by atomic mass is 9.87. The van der Waals surface area contributed by atoms with Gasteiger partial charge in [0.15, 0.2) is 0 Å². The van der Waals surface area contributed by atoms with E-state index < -0.39 is 0 Å². The summed E-state index contributed by atoms with van der Waals surface area (Å²) >= 11 is 0. The van der Waals surface area contributed by atoms with Crippen LogP contribution in [-0.2, 0) is 0 Å². The van der Waals surface area contributed by atoms with E-state index in [4.69, 9.17) is 0 Å². The molecule has 0 saturated heterocycles. The summed E-state index contributed by atoms with van der Waals surface area (Å²) in [4.78, 5) is 7.92. The Kier molecular flexibility index (Phi) is 3.21. The van der Waals surface area contributed by atoms with Gasteiger partial charge in [-0.2, -0.15) is 0 Å². The molecule has 14 heavy (non-hydrogen) atoms. The van der Waals surface area contributed by atoms with Crippen LogP contribution in [0.4, 0.5) is 0 Å². The lowest BCUT2D eigenvalue weighted by molar-refractivity contribution is 0.926. The van der Waals surface area contributed by atoms with Gasteiger partial charge in [-0.1, -0.05) is 12.7 Å². The van der Waals surface area contributed by atoms with Crippen LogP contribution in [0, 0.1) is 0 Å². The molecule has 1 aliphatic carbocycles. The molecule has 0 radical (unpaired) electrons. The molecule has 0 aromatic rings. The Balaban J connectivity index is 3.08. The third kappa shape index (κ3) is 1.91. The second-order valence-electron chi connectivity index (χ2n) is 3.52. The van der Waals surface area contributed by atoms with Gasteiger partial charge in [0.05, 0.1) is 6.01 Å². The lowest BCUT2D eigenvalue weighted by Gasteiger charge is -2.21. The van der Waals surface area contributed by atoms with Gasteiger partial charge in [-0.3, -0.25) is 0 Å². The molecule has 0 N–H and O–H groups in total. The minimum atomic E-state index is 0.0161. The molecule has 1 aliphatic rings. The van der Waals surface area contributed by atoms with Gasteiger partial charge in [-0.25, -0.2) is 9.98 Å². The first-order valence-electron chi connectivity index (χ1n) is 4.67. The Morgan fingerprint density at radius 1 is 1.29 bits per heavy atom. The first kappa shape index (κ1) is 10.7. The summed E-state index contributed by atoms with van der Waals surface area (Å²) < 4.78 is 0. The van der Waals surface area contributed by atoms with E-state index in [2.05, 4.69) is 49.4 Å². The third-order valence-electron chi connectivity index (χ3n) is 2.70. The maximum atomic E-state index is 4.19. The van der Waals surface area contributed by atoms with Crippen molar-refractivity contribution in [2.75, 3.05) is 7.05 Å². The maximum Gasteiger partial charge on any atom is 0.104 e. The zero-order chi connectivity index (χ0) is 10.7. The molecule has 0 aromatic heterocycles. The van der Waals surface area contributed by atoms with E-state index in [0.717, 1.165) is 5.57 Å². The smallest absolute Gasteiger partial charge is 0.104 e. The molecule has 0 heterocycles. The van der Waals surface area contributed by atoms with E-state index in [0.29, 0.717) is 0 Å². The predicted octanol–water partition coefficient (Wildman–Crippen LogP) is 3.01. The average Bonchev–Trinajstić information content (AvgIpc) is 2.18. The molecule has 0 saturated carbocycles. The highest BCUT2D eigenvalue weighted by molar-refractivity contribution is 5.53. The van der Waals surface area contributed by atoms with Crippen LogP contribution in [0.25, 0.3) is 0 Å². The van der Waals surface area contributed by atoms with E-state index in [1.807, 2.05) is 0 Å². The number of aliphatic imine (C=N–C) groups is 2. The summed E-state index contributed by atoms with van der Waals surface area (Å²) in [5.41, 5.74) is 4.84. The summed E-state index contributed by atoms with van der Waals surface area (Å²) in [5.74, 6) is 0. The quantitative estimate of drug-likeness (QED) is 0.565. The highest BCUT2D eigenvalue weighted by Crippen LogP contribution is 2.29. The summed E-state index contributed by atoms with van der Waals surface area (Å²) in [6.45, 7) is 10.3. The third-order valence-corrected chi connectivity index (χ3v) is 2.70. The summed E-state index contributed by atoms with van der Waals surface area (Å²) in [6, 6.07) is 2.64. The maximum absolute atomic E-state index is 4.19. The van der Waals surface area contributed by atoms with Crippen LogP contribution in [0.1, 0.15) is 20.8 Å². The molecule has 74 valence electrons. The Morgan fingerprint density at radius 2 is 1.93 bits per heavy atom. The van der Waals surface area contributed by atoms with Gasteiger partial charge >= 0.3 is 0 Å². The molecule has 0 spiro atoms. The van der Waals surface area contributed by atoms with Crippen LogP contribution in [-0.4, -0.2) is 19.1 Å². The molecule has 1 unspecified atom stereocenters. The fraction of sp³-hybridized carbons (Fsp3) is 0.417. The van der Waals surface area contributed by atoms with E-state index in [1.54, 1.807) is 7.05 Å². The first-order chi connectivity index (χ1) is 6.57. The molecule has 0 bridgehead atoms. The summed E-state index contributed by atoms with van der Waals surface area (Å²) in [5, 5.41) is 0. The zero-order valence-electron chi connectivity index (χ0n) is 9.26. The molecule has 2 heteroatoms. The molecule has 0 fully saturated rings. The fourth-order valence-electron chi connectivity index (χ4n) is 1.46. The zero-order valence-corrected chi connectivity index (χ0v) is 9.26. The SMILES string of the molecule is C=C1C(C)=C(C)C(C)=CC1N=C=NC. The van der Waals surface area contributed by atoms with Gasteiger partial charge in [0.25, 0.3) is 0 Å². The van der Waals surface area contributed by atoms with Crippen molar-refractivity contribution in [3.05, 3.63) is 34.9 Å². The van der Waals surface area contributed by atoms with Crippen molar-refractivity contribution >= 4 is 6.01 Å². The van der Waals surface area contributed by atoms with Crippen molar-refractivity contribution in [1.82, 2.24) is 0 Å². The molecular weight excluding hydrogens is 172 g/mol. The highest BCUT2D eigenvalue weighted by atomic mass is 14.8. The molecule has 1 rings (SSSR count). The van der Waals surface area contributed by atoms with Crippen LogP contribution in [0.15, 0.2) is 44.9 Å². The summed E-state index contributed by atoms with van der Waals surface area (Å²) in [6.07, 6.45) is 2.10. The van der Waals surface area contributed by atoms with Gasteiger partial charge in [-0.15, -0.1) is 0 Å². The number of allylic oxidation sites excluding steroid dienone is 2. The minimum absolute atomic E-state index is 0.0161. The van der Waals surface area contributed by atoms with E-state index >= 15 is 0 Å². The number of hydrogen-bond donors (Lipinski definition) is 0. The Hall–Kier alpha value is -1.40. The second kappa shape index (κ2) is 4.21. The monoisotopic (exact) mass is 188 g/mol. The van der Waals surface area contributed by atoms with Crippen LogP contribution in [0.3, 0.4) is 0 Å². The largest absolute Gasteiger partial charge is 0.229 e. The van der Waals surface area contributed by atoms with Gasteiger partial charge in [0.1, 0.15) is 6.04 Å². The van der Waals surface area contributed by atoms with Crippen molar-refractivity contribution in [2.24, 2.45) is 9.98 Å². The molecule has 1 atom stereocenters. The minimum Gasteiger partial charge on any atom is -0.229 e. The number of nitrogens with zero attached hydrogens (tertiary/aromatic N) is 2. The molecule has 0 aromatic carbocycles. The normalized spacial score (nSPS) is 21.6. The predicted molar refractivity (Wildman–Crippen MR) is 60.8 cm³/mol. The van der Waals surface area contributed by atoms with Gasteiger partial charge in [0.2, 0.25) is 0 Å². The lowest BCUT2D eigenvalue weighted by Crippen LogP contribution is -2.12. The first-order valence-corrected chi connectivity index (χ1v) is 4.67. The highest BCUT2D eigenvalue weighted by Gasteiger charge is 2.17. The van der Waals surface area contributed by atoms with E-state index in [1.165, 1.54) is 16.7 Å². The Bertz CT molecular complexity index is 377. The van der Waals surface area contributed by atoms with Crippen molar-refractivity contribution in [3.8, 4) is 0 Å². The van der Waals surface area contributed by atoms with Crippen molar-refractivity contribution in [3.63, 3.8) is 0 Å². The van der Waals surface area contributed by atoms with E-state index in [-0.39, 0.29) is 6.04 Å². The van der Waals surface area contributed by atoms with E-state index in [9.17, 15) is 0 Å². The van der Waals surface area contributed by atoms with Crippen molar-refractivity contribution < 1.29 is 0 Å². The fourth-order valence-corrected chi connectivity index (χ4v) is 1.46. The molecule has 0 aliphatic heterocycles. The van der Waals surface area contributed by atoms with Crippen LogP contribution in [0.5, 0.6) is 0 Å². The standard InChI is InChI=1S/C12H16N2/c1-8-6-12(14-7-13-5)11(4)10(3)9(8)2/h6,12H,4H2,1-3,5H3. The Morgan fingerprint density at radius 3 is 2.50 bits per heavy atom.